The molecule has 1 heterocycles. The van der Waals surface area contributed by atoms with Crippen LogP contribution in [0.25, 0.3) is 10.6 Å². The molecule has 1 aromatic heterocycles. The predicted octanol–water partition coefficient (Wildman–Crippen LogP) is 4.72. The highest BCUT2D eigenvalue weighted by Crippen LogP contribution is 2.37. The van der Waals surface area contributed by atoms with Crippen LogP contribution in [0.15, 0.2) is 23.1 Å². The smallest absolute Gasteiger partial charge is 0.134 e. The lowest BCUT2D eigenvalue weighted by Crippen LogP contribution is -2.02. The van der Waals surface area contributed by atoms with Crippen LogP contribution >= 0.6 is 23.1 Å². The van der Waals surface area contributed by atoms with E-state index < -0.39 is 0 Å². The number of thiazole rings is 1. The largest absolute Gasteiger partial charge is 0.326 e. The predicted molar refractivity (Wildman–Crippen MR) is 90.3 cm³/mol. The summed E-state index contributed by atoms with van der Waals surface area (Å²) in [6.45, 7) is 6.84. The van der Waals surface area contributed by atoms with Gasteiger partial charge in [-0.05, 0) is 30.2 Å². The molecule has 0 radical (unpaired) electrons. The van der Waals surface area contributed by atoms with Gasteiger partial charge in [-0.2, -0.15) is 0 Å². The summed E-state index contributed by atoms with van der Waals surface area (Å²) < 4.78 is 14.3. The van der Waals surface area contributed by atoms with Crippen LogP contribution in [0.2, 0.25) is 0 Å². The van der Waals surface area contributed by atoms with Gasteiger partial charge in [-0.1, -0.05) is 26.8 Å². The molecular formula is C16H21FN2S2. The number of nitrogens with zero attached hydrogens (tertiary/aromatic N) is 1. The Morgan fingerprint density at radius 1 is 1.38 bits per heavy atom. The van der Waals surface area contributed by atoms with Crippen molar-refractivity contribution in [3.8, 4) is 10.6 Å². The molecule has 2 aromatic rings. The zero-order valence-electron chi connectivity index (χ0n) is 12.6. The summed E-state index contributed by atoms with van der Waals surface area (Å²) >= 11 is 3.16. The average molecular weight is 324 g/mol. The Kier molecular flexibility index (Phi) is 5.79. The fourth-order valence-corrected chi connectivity index (χ4v) is 4.10. The molecule has 2 nitrogen and oxygen atoms in total. The van der Waals surface area contributed by atoms with E-state index in [9.17, 15) is 4.39 Å². The first-order valence-corrected chi connectivity index (χ1v) is 8.97. The summed E-state index contributed by atoms with van der Waals surface area (Å²) in [7, 11) is 0. The number of thioether (sulfide) groups is 1. The summed E-state index contributed by atoms with van der Waals surface area (Å²) in [5, 5.41) is 0.750. The maximum atomic E-state index is 14.3. The van der Waals surface area contributed by atoms with Crippen LogP contribution in [0.1, 0.15) is 31.3 Å². The Hall–Kier alpha value is -0.910. The third-order valence-corrected chi connectivity index (χ3v) is 5.13. The number of benzene rings is 1. The van der Waals surface area contributed by atoms with E-state index in [0.29, 0.717) is 18.0 Å². The van der Waals surface area contributed by atoms with Crippen molar-refractivity contribution in [3.05, 3.63) is 34.6 Å². The highest BCUT2D eigenvalue weighted by molar-refractivity contribution is 7.99. The van der Waals surface area contributed by atoms with Crippen molar-refractivity contribution in [1.29, 1.82) is 0 Å². The number of hydrogen-bond acceptors (Lipinski definition) is 4. The first-order valence-electron chi connectivity index (χ1n) is 7.17. The minimum absolute atomic E-state index is 0.207. The summed E-state index contributed by atoms with van der Waals surface area (Å²) in [5.74, 6) is 1.21. The second-order valence-corrected chi connectivity index (χ2v) is 7.63. The Morgan fingerprint density at radius 2 is 2.14 bits per heavy atom. The monoisotopic (exact) mass is 324 g/mol. The van der Waals surface area contributed by atoms with Crippen LogP contribution in [0.5, 0.6) is 0 Å². The van der Waals surface area contributed by atoms with Gasteiger partial charge in [-0.3, -0.25) is 0 Å². The molecule has 2 N–H and O–H groups in total. The van der Waals surface area contributed by atoms with E-state index in [-0.39, 0.29) is 5.82 Å². The van der Waals surface area contributed by atoms with Gasteiger partial charge in [-0.25, -0.2) is 9.37 Å². The molecule has 0 unspecified atom stereocenters. The van der Waals surface area contributed by atoms with Crippen LogP contribution < -0.4 is 5.73 Å². The number of hydrogen-bond donors (Lipinski definition) is 1. The van der Waals surface area contributed by atoms with E-state index in [1.165, 1.54) is 17.4 Å². The second kappa shape index (κ2) is 7.38. The fraction of sp³-hybridized carbons (Fsp3) is 0.438. The van der Waals surface area contributed by atoms with Crippen molar-refractivity contribution in [3.63, 3.8) is 0 Å². The minimum Gasteiger partial charge on any atom is -0.326 e. The van der Waals surface area contributed by atoms with Gasteiger partial charge in [0, 0.05) is 16.3 Å². The van der Waals surface area contributed by atoms with E-state index in [4.69, 9.17) is 5.73 Å². The summed E-state index contributed by atoms with van der Waals surface area (Å²) in [6, 6.07) is 5.21. The third-order valence-electron chi connectivity index (χ3n) is 3.05. The molecule has 0 aliphatic rings. The minimum atomic E-state index is -0.207. The molecule has 5 heteroatoms. The van der Waals surface area contributed by atoms with Crippen molar-refractivity contribution in [1.82, 2.24) is 4.98 Å². The first-order chi connectivity index (χ1) is 10.1. The zero-order chi connectivity index (χ0) is 15.4. The van der Waals surface area contributed by atoms with E-state index in [0.717, 1.165) is 32.6 Å². The molecule has 0 aliphatic carbocycles. The van der Waals surface area contributed by atoms with Crippen molar-refractivity contribution in [2.24, 2.45) is 11.7 Å². The van der Waals surface area contributed by atoms with Crippen LogP contribution in [0.3, 0.4) is 0 Å². The van der Waals surface area contributed by atoms with E-state index >= 15 is 0 Å². The first kappa shape index (κ1) is 16.5. The van der Waals surface area contributed by atoms with E-state index in [2.05, 4.69) is 25.8 Å². The van der Waals surface area contributed by atoms with Gasteiger partial charge in [0.05, 0.1) is 11.3 Å². The van der Waals surface area contributed by atoms with Crippen molar-refractivity contribution in [2.45, 2.75) is 38.6 Å². The zero-order valence-corrected chi connectivity index (χ0v) is 14.3. The number of rotatable bonds is 6. The molecule has 0 atom stereocenters. The van der Waals surface area contributed by atoms with Gasteiger partial charge in [0.15, 0.2) is 0 Å². The topological polar surface area (TPSA) is 38.9 Å². The lowest BCUT2D eigenvalue weighted by atomic mass is 10.1. The van der Waals surface area contributed by atoms with Gasteiger partial charge < -0.3 is 5.73 Å². The summed E-state index contributed by atoms with van der Waals surface area (Å²) in [5.41, 5.74) is 7.46. The Balaban J connectivity index is 2.49. The molecule has 0 fully saturated rings. The van der Waals surface area contributed by atoms with E-state index in [1.807, 2.05) is 6.07 Å². The molecular weight excluding hydrogens is 303 g/mol. The van der Waals surface area contributed by atoms with E-state index in [1.54, 1.807) is 17.8 Å². The molecule has 114 valence electrons. The fourth-order valence-electron chi connectivity index (χ4n) is 2.18. The number of nitrogens with two attached hydrogens (primary N) is 1. The molecule has 1 aromatic carbocycles. The summed E-state index contributed by atoms with van der Waals surface area (Å²) in [6.07, 6.45) is 0.883. The molecule has 0 saturated heterocycles. The van der Waals surface area contributed by atoms with Gasteiger partial charge in [0.2, 0.25) is 0 Å². The quantitative estimate of drug-likeness (QED) is 0.782. The molecule has 0 bridgehead atoms. The lowest BCUT2D eigenvalue weighted by molar-refractivity contribution is 0.626. The third kappa shape index (κ3) is 3.84. The molecule has 0 amide bonds. The average Bonchev–Trinajstić information content (AvgIpc) is 2.81. The second-order valence-electron chi connectivity index (χ2n) is 5.24. The Bertz CT molecular complexity index is 608. The van der Waals surface area contributed by atoms with Crippen LogP contribution in [0.4, 0.5) is 4.39 Å². The lowest BCUT2D eigenvalue weighted by Gasteiger charge is -2.06. The van der Waals surface area contributed by atoms with Gasteiger partial charge >= 0.3 is 0 Å². The van der Waals surface area contributed by atoms with Gasteiger partial charge in [0.25, 0.3) is 0 Å². The maximum absolute atomic E-state index is 14.3. The van der Waals surface area contributed by atoms with Gasteiger partial charge in [0.1, 0.15) is 10.8 Å². The highest BCUT2D eigenvalue weighted by atomic mass is 32.2. The summed E-state index contributed by atoms with van der Waals surface area (Å²) in [4.78, 5) is 6.69. The maximum Gasteiger partial charge on any atom is 0.134 e. The standard InChI is InChI=1S/C16H21FN2S2/c1-4-20-13-7-5-6-11(17)15(13)16-19-12(8-10(2)3)14(9-18)21-16/h5-7,10H,4,8-9,18H2,1-3H3. The SMILES string of the molecule is CCSc1cccc(F)c1-c1nc(CC(C)C)c(CN)s1. The molecule has 0 saturated carbocycles. The van der Waals surface area contributed by atoms with Crippen LogP contribution in [0, 0.1) is 11.7 Å². The normalized spacial score (nSPS) is 11.3. The molecule has 2 rings (SSSR count). The highest BCUT2D eigenvalue weighted by Gasteiger charge is 2.18. The Labute approximate surface area is 134 Å². The molecule has 0 spiro atoms. The van der Waals surface area contributed by atoms with Crippen LogP contribution in [-0.2, 0) is 13.0 Å². The number of halogens is 1. The van der Waals surface area contributed by atoms with Crippen molar-refractivity contribution in [2.75, 3.05) is 5.75 Å². The van der Waals surface area contributed by atoms with Crippen molar-refractivity contribution >= 4 is 23.1 Å². The Morgan fingerprint density at radius 3 is 2.76 bits per heavy atom. The van der Waals surface area contributed by atoms with Crippen LogP contribution in [-0.4, -0.2) is 10.7 Å². The number of aromatic nitrogens is 1. The molecule has 21 heavy (non-hydrogen) atoms. The van der Waals surface area contributed by atoms with Crippen molar-refractivity contribution < 1.29 is 4.39 Å². The molecule has 0 aliphatic heterocycles. The van der Waals surface area contributed by atoms with Gasteiger partial charge in [-0.15, -0.1) is 23.1 Å².